The van der Waals surface area contributed by atoms with Gasteiger partial charge in [0.25, 0.3) is 5.91 Å². The molecule has 0 aliphatic heterocycles. The fourth-order valence-electron chi connectivity index (χ4n) is 4.06. The van der Waals surface area contributed by atoms with Crippen molar-refractivity contribution in [1.29, 1.82) is 0 Å². The number of guanidine groups is 1. The molecule has 3 rings (SSSR count). The number of fused-ring (bicyclic) bond motifs is 1. The molecule has 0 saturated heterocycles. The number of aromatic nitrogens is 2. The lowest BCUT2D eigenvalue weighted by atomic mass is 9.90. The van der Waals surface area contributed by atoms with E-state index in [1.54, 1.807) is 0 Å². The zero-order valence-corrected chi connectivity index (χ0v) is 19.8. The van der Waals surface area contributed by atoms with E-state index in [1.807, 2.05) is 25.1 Å². The van der Waals surface area contributed by atoms with Crippen LogP contribution in [0.25, 0.3) is 10.9 Å². The van der Waals surface area contributed by atoms with Crippen molar-refractivity contribution in [2.75, 3.05) is 25.1 Å². The van der Waals surface area contributed by atoms with E-state index in [-0.39, 0.29) is 29.8 Å². The van der Waals surface area contributed by atoms with Crippen LogP contribution in [0.5, 0.6) is 0 Å². The zero-order valence-electron chi connectivity index (χ0n) is 19.8. The number of nitrogens with one attached hydrogen (secondary N) is 2. The van der Waals surface area contributed by atoms with Gasteiger partial charge in [-0.15, -0.1) is 0 Å². The molecule has 1 aliphatic rings. The van der Waals surface area contributed by atoms with Gasteiger partial charge in [0.05, 0.1) is 17.6 Å². The maximum absolute atomic E-state index is 12.8. The van der Waals surface area contributed by atoms with Crippen LogP contribution in [0.4, 0.5) is 5.82 Å². The van der Waals surface area contributed by atoms with Gasteiger partial charge in [-0.2, -0.15) is 0 Å². The predicted molar refractivity (Wildman–Crippen MR) is 132 cm³/mol. The van der Waals surface area contributed by atoms with Crippen molar-refractivity contribution in [2.45, 2.75) is 70.9 Å². The highest BCUT2D eigenvalue weighted by atomic mass is 16.5. The van der Waals surface area contributed by atoms with Crippen molar-refractivity contribution >= 4 is 28.6 Å². The van der Waals surface area contributed by atoms with Crippen LogP contribution in [-0.2, 0) is 4.74 Å². The fraction of sp³-hybridized carbons (Fsp3) is 0.583. The second-order valence-corrected chi connectivity index (χ2v) is 8.65. The number of aryl methyl sites for hydroxylation is 1. The lowest BCUT2D eigenvalue weighted by molar-refractivity contribution is 0.0930. The Kier molecular flexibility index (Phi) is 9.24. The third-order valence-corrected chi connectivity index (χ3v) is 5.81. The number of unbranched alkanes of at least 4 members (excludes halogenated alkanes) is 1. The molecule has 33 heavy (non-hydrogen) atoms. The van der Waals surface area contributed by atoms with E-state index in [4.69, 9.17) is 16.2 Å². The van der Waals surface area contributed by atoms with E-state index in [2.05, 4.69) is 32.5 Å². The third kappa shape index (κ3) is 7.28. The van der Waals surface area contributed by atoms with Gasteiger partial charge in [0.1, 0.15) is 5.82 Å². The van der Waals surface area contributed by atoms with Crippen molar-refractivity contribution < 1.29 is 9.53 Å². The topological polar surface area (TPSA) is 141 Å². The summed E-state index contributed by atoms with van der Waals surface area (Å²) < 4.78 is 5.55. The molecule has 1 amide bonds. The summed E-state index contributed by atoms with van der Waals surface area (Å²) in [6, 6.07) is 5.95. The number of carbonyl (C=O) groups is 1. The van der Waals surface area contributed by atoms with E-state index in [1.165, 1.54) is 0 Å². The number of nitrogens with zero attached hydrogens (tertiary/aromatic N) is 3. The smallest absolute Gasteiger partial charge is 0.289 e. The molecule has 2 atom stereocenters. The highest BCUT2D eigenvalue weighted by Gasteiger charge is 2.26. The van der Waals surface area contributed by atoms with Gasteiger partial charge in [0.2, 0.25) is 5.82 Å². The molecule has 180 valence electrons. The van der Waals surface area contributed by atoms with Crippen LogP contribution >= 0.6 is 0 Å². The number of nitrogens with two attached hydrogens (primary N) is 2. The minimum absolute atomic E-state index is 0.0245. The number of carbonyl (C=O) groups excluding carboxylic acids is 1. The zero-order chi connectivity index (χ0) is 23.6. The van der Waals surface area contributed by atoms with Gasteiger partial charge >= 0.3 is 0 Å². The van der Waals surface area contributed by atoms with Gasteiger partial charge in [0.15, 0.2) is 5.96 Å². The highest BCUT2D eigenvalue weighted by Crippen LogP contribution is 2.28. The van der Waals surface area contributed by atoms with Gasteiger partial charge in [-0.05, 0) is 44.7 Å². The molecule has 0 bridgehead atoms. The SMILES string of the molecule is CCCCOCCCNC(=O)c1nc(NC2CCCCC2N=C(N)N)c2cc(C)ccc2n1. The van der Waals surface area contributed by atoms with Gasteiger partial charge in [-0.3, -0.25) is 4.79 Å². The minimum Gasteiger partial charge on any atom is -0.381 e. The van der Waals surface area contributed by atoms with Crippen LogP contribution in [0.2, 0.25) is 0 Å². The van der Waals surface area contributed by atoms with Crippen molar-refractivity contribution in [3.05, 3.63) is 29.6 Å². The Hall–Kier alpha value is -2.94. The van der Waals surface area contributed by atoms with E-state index in [0.29, 0.717) is 19.0 Å². The molecule has 1 saturated carbocycles. The van der Waals surface area contributed by atoms with Crippen LogP contribution in [0.15, 0.2) is 23.2 Å². The minimum atomic E-state index is -0.293. The molecule has 6 N–H and O–H groups in total. The monoisotopic (exact) mass is 455 g/mol. The molecule has 1 aromatic carbocycles. The molecular formula is C24H37N7O2. The molecule has 1 fully saturated rings. The summed E-state index contributed by atoms with van der Waals surface area (Å²) in [7, 11) is 0. The summed E-state index contributed by atoms with van der Waals surface area (Å²) in [5, 5.41) is 7.31. The maximum Gasteiger partial charge on any atom is 0.289 e. The highest BCUT2D eigenvalue weighted by molar-refractivity contribution is 5.96. The quantitative estimate of drug-likeness (QED) is 0.232. The first-order valence-electron chi connectivity index (χ1n) is 12.0. The number of rotatable bonds is 11. The summed E-state index contributed by atoms with van der Waals surface area (Å²) in [4.78, 5) is 26.3. The molecule has 0 spiro atoms. The summed E-state index contributed by atoms with van der Waals surface area (Å²) in [5.41, 5.74) is 13.1. The molecule has 1 aliphatic carbocycles. The summed E-state index contributed by atoms with van der Waals surface area (Å²) in [6.45, 7) is 6.05. The Balaban J connectivity index is 1.75. The first-order valence-corrected chi connectivity index (χ1v) is 12.0. The largest absolute Gasteiger partial charge is 0.381 e. The molecule has 0 radical (unpaired) electrons. The molecule has 9 nitrogen and oxygen atoms in total. The third-order valence-electron chi connectivity index (χ3n) is 5.81. The second kappa shape index (κ2) is 12.3. The van der Waals surface area contributed by atoms with Crippen molar-refractivity contribution in [3.8, 4) is 0 Å². The first kappa shape index (κ1) is 24.7. The van der Waals surface area contributed by atoms with Crippen LogP contribution < -0.4 is 22.1 Å². The van der Waals surface area contributed by atoms with Crippen LogP contribution in [0, 0.1) is 6.92 Å². The Morgan fingerprint density at radius 2 is 1.97 bits per heavy atom. The van der Waals surface area contributed by atoms with Gasteiger partial charge in [-0.25, -0.2) is 15.0 Å². The molecule has 2 aromatic rings. The lowest BCUT2D eigenvalue weighted by Crippen LogP contribution is -2.38. The molecule has 2 unspecified atom stereocenters. The molecule has 1 heterocycles. The number of ether oxygens (including phenoxy) is 1. The average molecular weight is 456 g/mol. The fourth-order valence-corrected chi connectivity index (χ4v) is 4.06. The van der Waals surface area contributed by atoms with Crippen LogP contribution in [-0.4, -0.2) is 53.7 Å². The van der Waals surface area contributed by atoms with Crippen molar-refractivity contribution in [1.82, 2.24) is 15.3 Å². The van der Waals surface area contributed by atoms with Gasteiger partial charge in [-0.1, -0.05) is 37.8 Å². The lowest BCUT2D eigenvalue weighted by Gasteiger charge is -2.30. The number of anilines is 1. The average Bonchev–Trinajstić information content (AvgIpc) is 2.79. The first-order chi connectivity index (χ1) is 16.0. The van der Waals surface area contributed by atoms with Crippen LogP contribution in [0.1, 0.15) is 68.1 Å². The number of amides is 1. The van der Waals surface area contributed by atoms with E-state index in [9.17, 15) is 4.79 Å². The Morgan fingerprint density at radius 1 is 1.18 bits per heavy atom. The molecule has 9 heteroatoms. The standard InChI is InChI=1S/C24H37N7O2/c1-3-4-13-33-14-7-12-27-23(32)22-28-18-11-10-16(2)15-17(18)21(31-22)29-19-8-5-6-9-20(19)30-24(25)26/h10-11,15,19-20H,3-9,12-14H2,1-2H3,(H,27,32)(H4,25,26,30)(H,28,29,31). The molecular weight excluding hydrogens is 418 g/mol. The van der Waals surface area contributed by atoms with Gasteiger partial charge in [0, 0.05) is 25.1 Å². The number of aliphatic imine (C=N–C) groups is 1. The number of hydrogen-bond acceptors (Lipinski definition) is 6. The predicted octanol–water partition coefficient (Wildman–Crippen LogP) is 2.87. The van der Waals surface area contributed by atoms with Crippen molar-refractivity contribution in [2.24, 2.45) is 16.5 Å². The second-order valence-electron chi connectivity index (χ2n) is 8.65. The Morgan fingerprint density at radius 3 is 2.76 bits per heavy atom. The van der Waals surface area contributed by atoms with E-state index in [0.717, 1.165) is 68.0 Å². The number of hydrogen-bond donors (Lipinski definition) is 4. The summed E-state index contributed by atoms with van der Waals surface area (Å²) in [5.74, 6) is 0.587. The number of benzene rings is 1. The van der Waals surface area contributed by atoms with Crippen molar-refractivity contribution in [3.63, 3.8) is 0 Å². The van der Waals surface area contributed by atoms with E-state index < -0.39 is 0 Å². The Labute approximate surface area is 195 Å². The van der Waals surface area contributed by atoms with Crippen LogP contribution in [0.3, 0.4) is 0 Å². The normalized spacial score (nSPS) is 18.1. The maximum atomic E-state index is 12.8. The summed E-state index contributed by atoms with van der Waals surface area (Å²) in [6.07, 6.45) is 6.92. The Bertz CT molecular complexity index is 959. The van der Waals surface area contributed by atoms with Gasteiger partial charge < -0.3 is 26.8 Å². The summed E-state index contributed by atoms with van der Waals surface area (Å²) >= 11 is 0. The van der Waals surface area contributed by atoms with E-state index >= 15 is 0 Å². The molecule has 1 aromatic heterocycles.